The van der Waals surface area contributed by atoms with Gasteiger partial charge in [-0.15, -0.1) is 0 Å². The van der Waals surface area contributed by atoms with E-state index >= 15 is 0 Å². The summed E-state index contributed by atoms with van der Waals surface area (Å²) in [5.41, 5.74) is 4.00. The molecule has 2 aromatic carbocycles. The SMILES string of the molecule is Cc1ccc(NC(=O)C2CC(=O)N(c3ccc4oc(C)nc4c3)C2)cc1. The zero-order valence-corrected chi connectivity index (χ0v) is 14.7. The molecule has 1 aliphatic rings. The molecule has 6 nitrogen and oxygen atoms in total. The molecule has 0 saturated carbocycles. The minimum absolute atomic E-state index is 0.0615. The standard InChI is InChI=1S/C20H19N3O3/c1-12-3-5-15(6-4-12)22-20(25)14-9-19(24)23(11-14)16-7-8-18-17(10-16)21-13(2)26-18/h3-8,10,14H,9,11H2,1-2H3,(H,22,25). The molecular weight excluding hydrogens is 330 g/mol. The summed E-state index contributed by atoms with van der Waals surface area (Å²) in [5.74, 6) is 0.00970. The van der Waals surface area contributed by atoms with Crippen LogP contribution in [0, 0.1) is 19.8 Å². The zero-order valence-electron chi connectivity index (χ0n) is 14.7. The first-order valence-corrected chi connectivity index (χ1v) is 8.55. The van der Waals surface area contributed by atoms with Gasteiger partial charge in [0, 0.05) is 31.3 Å². The van der Waals surface area contributed by atoms with Crippen LogP contribution in [-0.2, 0) is 9.59 Å². The fourth-order valence-electron chi connectivity index (χ4n) is 3.21. The average molecular weight is 349 g/mol. The Labute approximate surface area is 150 Å². The lowest BCUT2D eigenvalue weighted by molar-refractivity contribution is -0.122. The Hall–Kier alpha value is -3.15. The number of oxazole rings is 1. The predicted octanol–water partition coefficient (Wildman–Crippen LogP) is 3.44. The van der Waals surface area contributed by atoms with E-state index in [1.807, 2.05) is 43.3 Å². The van der Waals surface area contributed by atoms with E-state index in [2.05, 4.69) is 10.3 Å². The lowest BCUT2D eigenvalue weighted by atomic mass is 10.1. The number of hydrogen-bond donors (Lipinski definition) is 1. The number of rotatable bonds is 3. The molecule has 3 aromatic rings. The van der Waals surface area contributed by atoms with Crippen molar-refractivity contribution in [2.75, 3.05) is 16.8 Å². The summed E-state index contributed by atoms with van der Waals surface area (Å²) >= 11 is 0. The summed E-state index contributed by atoms with van der Waals surface area (Å²) in [7, 11) is 0. The quantitative estimate of drug-likeness (QED) is 0.786. The van der Waals surface area contributed by atoms with Gasteiger partial charge in [0.05, 0.1) is 5.92 Å². The smallest absolute Gasteiger partial charge is 0.229 e. The van der Waals surface area contributed by atoms with Crippen LogP contribution in [0.2, 0.25) is 0 Å². The first-order valence-electron chi connectivity index (χ1n) is 8.55. The summed E-state index contributed by atoms with van der Waals surface area (Å²) in [5, 5.41) is 2.89. The van der Waals surface area contributed by atoms with E-state index in [1.54, 1.807) is 17.9 Å². The van der Waals surface area contributed by atoms with Crippen molar-refractivity contribution in [2.45, 2.75) is 20.3 Å². The molecule has 1 unspecified atom stereocenters. The number of carbonyl (C=O) groups excluding carboxylic acids is 2. The number of hydrogen-bond acceptors (Lipinski definition) is 4. The maximum absolute atomic E-state index is 12.5. The van der Waals surface area contributed by atoms with Gasteiger partial charge in [-0.25, -0.2) is 4.98 Å². The second-order valence-corrected chi connectivity index (χ2v) is 6.65. The minimum Gasteiger partial charge on any atom is -0.441 e. The summed E-state index contributed by atoms with van der Waals surface area (Å²) < 4.78 is 5.47. The molecule has 1 atom stereocenters. The normalized spacial score (nSPS) is 17.1. The first-order chi connectivity index (χ1) is 12.5. The summed E-state index contributed by atoms with van der Waals surface area (Å²) in [4.78, 5) is 30.9. The second-order valence-electron chi connectivity index (χ2n) is 6.65. The predicted molar refractivity (Wildman–Crippen MR) is 99.0 cm³/mol. The van der Waals surface area contributed by atoms with Gasteiger partial charge < -0.3 is 14.6 Å². The minimum atomic E-state index is -0.376. The maximum Gasteiger partial charge on any atom is 0.229 e. The third-order valence-corrected chi connectivity index (χ3v) is 4.60. The van der Waals surface area contributed by atoms with Crippen LogP contribution in [-0.4, -0.2) is 23.3 Å². The fourth-order valence-corrected chi connectivity index (χ4v) is 3.21. The van der Waals surface area contributed by atoms with Crippen LogP contribution in [0.3, 0.4) is 0 Å². The van der Waals surface area contributed by atoms with Crippen LogP contribution >= 0.6 is 0 Å². The van der Waals surface area contributed by atoms with Crippen LogP contribution in [0.15, 0.2) is 46.9 Å². The number of amides is 2. The molecule has 26 heavy (non-hydrogen) atoms. The van der Waals surface area contributed by atoms with Crippen LogP contribution < -0.4 is 10.2 Å². The lowest BCUT2D eigenvalue weighted by Gasteiger charge is -2.16. The molecule has 1 aliphatic heterocycles. The van der Waals surface area contributed by atoms with Crippen LogP contribution in [0.25, 0.3) is 11.1 Å². The Balaban J connectivity index is 1.50. The van der Waals surface area contributed by atoms with Gasteiger partial charge in [-0.1, -0.05) is 17.7 Å². The van der Waals surface area contributed by atoms with Crippen molar-refractivity contribution in [1.29, 1.82) is 0 Å². The molecule has 132 valence electrons. The second kappa shape index (κ2) is 6.29. The number of nitrogens with one attached hydrogen (secondary N) is 1. The molecule has 2 heterocycles. The number of nitrogens with zero attached hydrogens (tertiary/aromatic N) is 2. The van der Waals surface area contributed by atoms with Crippen LogP contribution in [0.5, 0.6) is 0 Å². The number of fused-ring (bicyclic) bond motifs is 1. The van der Waals surface area contributed by atoms with E-state index in [0.29, 0.717) is 23.5 Å². The van der Waals surface area contributed by atoms with Gasteiger partial charge in [-0.05, 0) is 37.3 Å². The third-order valence-electron chi connectivity index (χ3n) is 4.60. The molecule has 0 aliphatic carbocycles. The van der Waals surface area contributed by atoms with Crippen molar-refractivity contribution < 1.29 is 14.0 Å². The lowest BCUT2D eigenvalue weighted by Crippen LogP contribution is -2.28. The van der Waals surface area contributed by atoms with Gasteiger partial charge >= 0.3 is 0 Å². The molecule has 1 aromatic heterocycles. The molecule has 0 spiro atoms. The number of carbonyl (C=O) groups is 2. The van der Waals surface area contributed by atoms with Crippen molar-refractivity contribution in [3.63, 3.8) is 0 Å². The Bertz CT molecular complexity index is 991. The van der Waals surface area contributed by atoms with Crippen LogP contribution in [0.1, 0.15) is 17.9 Å². The third kappa shape index (κ3) is 3.06. The Morgan fingerprint density at radius 1 is 1.19 bits per heavy atom. The zero-order chi connectivity index (χ0) is 18.3. The van der Waals surface area contributed by atoms with E-state index in [9.17, 15) is 9.59 Å². The van der Waals surface area contributed by atoms with Gasteiger partial charge in [-0.3, -0.25) is 9.59 Å². The Kier molecular flexibility index (Phi) is 3.95. The van der Waals surface area contributed by atoms with Crippen molar-refractivity contribution in [3.05, 3.63) is 53.9 Å². The van der Waals surface area contributed by atoms with E-state index < -0.39 is 0 Å². The summed E-state index contributed by atoms with van der Waals surface area (Å²) in [6.07, 6.45) is 0.202. The highest BCUT2D eigenvalue weighted by Crippen LogP contribution is 2.29. The monoisotopic (exact) mass is 349 g/mol. The molecule has 4 rings (SSSR count). The van der Waals surface area contributed by atoms with E-state index in [-0.39, 0.29) is 24.2 Å². The van der Waals surface area contributed by atoms with E-state index in [1.165, 1.54) is 0 Å². The molecule has 0 radical (unpaired) electrons. The maximum atomic E-state index is 12.5. The largest absolute Gasteiger partial charge is 0.441 e. The van der Waals surface area contributed by atoms with Crippen molar-refractivity contribution in [3.8, 4) is 0 Å². The van der Waals surface area contributed by atoms with Gasteiger partial charge in [0.15, 0.2) is 11.5 Å². The van der Waals surface area contributed by atoms with Gasteiger partial charge in [0.2, 0.25) is 11.8 Å². The molecular formula is C20H19N3O3. The molecule has 2 amide bonds. The number of benzene rings is 2. The molecule has 1 N–H and O–H groups in total. The summed E-state index contributed by atoms with van der Waals surface area (Å²) in [6.45, 7) is 4.14. The molecule has 6 heteroatoms. The molecule has 1 saturated heterocycles. The Morgan fingerprint density at radius 2 is 1.96 bits per heavy atom. The van der Waals surface area contributed by atoms with Crippen LogP contribution in [0.4, 0.5) is 11.4 Å². The first kappa shape index (κ1) is 16.3. The highest BCUT2D eigenvalue weighted by atomic mass is 16.3. The average Bonchev–Trinajstić information content (AvgIpc) is 3.18. The number of anilines is 2. The fraction of sp³-hybridized carbons (Fsp3) is 0.250. The Morgan fingerprint density at radius 3 is 2.73 bits per heavy atom. The van der Waals surface area contributed by atoms with Crippen molar-refractivity contribution in [1.82, 2.24) is 4.98 Å². The van der Waals surface area contributed by atoms with Crippen molar-refractivity contribution >= 4 is 34.3 Å². The molecule has 1 fully saturated rings. The highest BCUT2D eigenvalue weighted by molar-refractivity contribution is 6.04. The van der Waals surface area contributed by atoms with Gasteiger partial charge in [-0.2, -0.15) is 0 Å². The van der Waals surface area contributed by atoms with E-state index in [4.69, 9.17) is 4.42 Å². The molecule has 0 bridgehead atoms. The topological polar surface area (TPSA) is 75.4 Å². The van der Waals surface area contributed by atoms with Gasteiger partial charge in [0.25, 0.3) is 0 Å². The van der Waals surface area contributed by atoms with E-state index in [0.717, 1.165) is 16.9 Å². The highest BCUT2D eigenvalue weighted by Gasteiger charge is 2.35. The number of aryl methyl sites for hydroxylation is 2. The number of aromatic nitrogens is 1. The summed E-state index contributed by atoms with van der Waals surface area (Å²) in [6, 6.07) is 13.1. The van der Waals surface area contributed by atoms with Crippen molar-refractivity contribution in [2.24, 2.45) is 5.92 Å². The van der Waals surface area contributed by atoms with Gasteiger partial charge in [0.1, 0.15) is 5.52 Å².